The van der Waals surface area contributed by atoms with Gasteiger partial charge in [0.1, 0.15) is 18.8 Å². The Morgan fingerprint density at radius 3 is 2.92 bits per heavy atom. The van der Waals surface area contributed by atoms with E-state index in [1.165, 1.54) is 5.56 Å². The lowest BCUT2D eigenvalue weighted by Gasteiger charge is -2.26. The van der Waals surface area contributed by atoms with Crippen LogP contribution in [-0.4, -0.2) is 35.2 Å². The molecular formula is C20H21N5O. The van der Waals surface area contributed by atoms with Crippen molar-refractivity contribution in [2.45, 2.75) is 13.0 Å². The maximum atomic E-state index is 5.78. The second-order valence-corrected chi connectivity index (χ2v) is 6.40. The summed E-state index contributed by atoms with van der Waals surface area (Å²) in [6.07, 6.45) is 5.18. The molecule has 1 N–H and O–H groups in total. The number of aromatic nitrogens is 3. The maximum absolute atomic E-state index is 5.78. The number of nitrogens with one attached hydrogen (secondary N) is 1. The van der Waals surface area contributed by atoms with Crippen molar-refractivity contribution in [1.82, 2.24) is 15.0 Å². The van der Waals surface area contributed by atoms with Crippen molar-refractivity contribution < 1.29 is 4.74 Å². The van der Waals surface area contributed by atoms with Gasteiger partial charge in [0.2, 0.25) is 0 Å². The fourth-order valence-electron chi connectivity index (χ4n) is 3.06. The predicted octanol–water partition coefficient (Wildman–Crippen LogP) is 3.54. The van der Waals surface area contributed by atoms with Crippen LogP contribution in [0.15, 0.2) is 55.1 Å². The summed E-state index contributed by atoms with van der Waals surface area (Å²) in [5.74, 6) is 2.55. The maximum Gasteiger partial charge on any atom is 0.171 e. The first-order chi connectivity index (χ1) is 12.7. The van der Waals surface area contributed by atoms with E-state index in [-0.39, 0.29) is 6.04 Å². The molecule has 3 heterocycles. The van der Waals surface area contributed by atoms with Crippen LogP contribution in [0.2, 0.25) is 0 Å². The lowest BCUT2D eigenvalue weighted by molar-refractivity contribution is 0.309. The normalized spacial score (nSPS) is 14.3. The molecule has 26 heavy (non-hydrogen) atoms. The zero-order valence-electron chi connectivity index (χ0n) is 14.9. The van der Waals surface area contributed by atoms with E-state index >= 15 is 0 Å². The molecule has 1 aliphatic heterocycles. The number of rotatable bonds is 4. The van der Waals surface area contributed by atoms with Crippen LogP contribution >= 0.6 is 0 Å². The van der Waals surface area contributed by atoms with Gasteiger partial charge in [-0.15, -0.1) is 0 Å². The standard InChI is InChI=1S/C20H21N5O/c1-14(24-19-6-7-21-13-23-19)15-4-3-5-16(10-15)17-11-18-20(22-12-17)25(2)8-9-26-18/h3-7,10-14H,8-9H2,1-2H3,(H,21,23,24)/t14-/m0/s1. The molecule has 0 amide bonds. The van der Waals surface area contributed by atoms with Crippen LogP contribution < -0.4 is 15.0 Å². The van der Waals surface area contributed by atoms with Crippen molar-refractivity contribution in [1.29, 1.82) is 0 Å². The first-order valence-electron chi connectivity index (χ1n) is 8.67. The minimum atomic E-state index is 0.123. The number of fused-ring (bicyclic) bond motifs is 1. The van der Waals surface area contributed by atoms with E-state index in [4.69, 9.17) is 4.74 Å². The van der Waals surface area contributed by atoms with E-state index < -0.39 is 0 Å². The quantitative estimate of drug-likeness (QED) is 0.779. The van der Waals surface area contributed by atoms with Crippen LogP contribution in [-0.2, 0) is 0 Å². The summed E-state index contributed by atoms with van der Waals surface area (Å²) in [6, 6.07) is 12.5. The third-order valence-electron chi connectivity index (χ3n) is 4.55. The smallest absolute Gasteiger partial charge is 0.171 e. The summed E-state index contributed by atoms with van der Waals surface area (Å²) in [6.45, 7) is 3.67. The molecule has 0 aliphatic carbocycles. The molecule has 0 fully saturated rings. The highest BCUT2D eigenvalue weighted by Crippen LogP contribution is 2.33. The average Bonchev–Trinajstić information content (AvgIpc) is 2.69. The van der Waals surface area contributed by atoms with Crippen LogP contribution in [0.25, 0.3) is 11.1 Å². The van der Waals surface area contributed by atoms with Crippen LogP contribution in [0, 0.1) is 0 Å². The number of anilines is 2. The second kappa shape index (κ2) is 7.00. The van der Waals surface area contributed by atoms with E-state index in [0.29, 0.717) is 6.61 Å². The molecule has 4 rings (SSSR count). The summed E-state index contributed by atoms with van der Waals surface area (Å²) >= 11 is 0. The summed E-state index contributed by atoms with van der Waals surface area (Å²) < 4.78 is 5.78. The Balaban J connectivity index is 1.59. The molecule has 0 unspecified atom stereocenters. The molecule has 6 nitrogen and oxygen atoms in total. The molecule has 0 bridgehead atoms. The van der Waals surface area contributed by atoms with Crippen molar-refractivity contribution >= 4 is 11.6 Å². The van der Waals surface area contributed by atoms with Gasteiger partial charge in [0.15, 0.2) is 11.6 Å². The SMILES string of the molecule is C[C@H](Nc1ccncn1)c1cccc(-c2cnc3c(c2)OCCN3C)c1. The Labute approximate surface area is 152 Å². The molecule has 6 heteroatoms. The van der Waals surface area contributed by atoms with Crippen molar-refractivity contribution in [3.63, 3.8) is 0 Å². The molecular weight excluding hydrogens is 326 g/mol. The van der Waals surface area contributed by atoms with Crippen molar-refractivity contribution in [2.24, 2.45) is 0 Å². The van der Waals surface area contributed by atoms with Crippen molar-refractivity contribution in [2.75, 3.05) is 30.4 Å². The lowest BCUT2D eigenvalue weighted by atomic mass is 10.0. The zero-order valence-corrected chi connectivity index (χ0v) is 14.9. The van der Waals surface area contributed by atoms with Crippen LogP contribution in [0.5, 0.6) is 5.75 Å². The van der Waals surface area contributed by atoms with Gasteiger partial charge < -0.3 is 15.0 Å². The van der Waals surface area contributed by atoms with E-state index in [1.54, 1.807) is 12.5 Å². The van der Waals surface area contributed by atoms with Crippen LogP contribution in [0.1, 0.15) is 18.5 Å². The van der Waals surface area contributed by atoms with Gasteiger partial charge in [-0.1, -0.05) is 18.2 Å². The number of hydrogen-bond donors (Lipinski definition) is 1. The van der Waals surface area contributed by atoms with E-state index in [2.05, 4.69) is 62.4 Å². The van der Waals surface area contributed by atoms with Crippen molar-refractivity contribution in [3.05, 3.63) is 60.7 Å². The molecule has 1 aromatic carbocycles. The summed E-state index contributed by atoms with van der Waals surface area (Å²) in [4.78, 5) is 14.9. The molecule has 0 spiro atoms. The highest BCUT2D eigenvalue weighted by atomic mass is 16.5. The Morgan fingerprint density at radius 2 is 2.08 bits per heavy atom. The molecule has 0 saturated heterocycles. The van der Waals surface area contributed by atoms with Gasteiger partial charge in [-0.2, -0.15) is 0 Å². The van der Waals surface area contributed by atoms with Gasteiger partial charge in [0, 0.05) is 31.0 Å². The molecule has 0 radical (unpaired) electrons. The van der Waals surface area contributed by atoms with Gasteiger partial charge in [-0.05, 0) is 36.2 Å². The van der Waals surface area contributed by atoms with E-state index in [1.807, 2.05) is 19.3 Å². The fraction of sp³-hybridized carbons (Fsp3) is 0.250. The Bertz CT molecular complexity index is 900. The molecule has 2 aromatic heterocycles. The number of pyridine rings is 1. The Kier molecular flexibility index (Phi) is 4.39. The van der Waals surface area contributed by atoms with Gasteiger partial charge >= 0.3 is 0 Å². The highest BCUT2D eigenvalue weighted by Gasteiger charge is 2.17. The first-order valence-corrected chi connectivity index (χ1v) is 8.67. The van der Waals surface area contributed by atoms with Gasteiger partial charge in [-0.3, -0.25) is 0 Å². The molecule has 132 valence electrons. The summed E-state index contributed by atoms with van der Waals surface area (Å²) in [5.41, 5.74) is 3.35. The van der Waals surface area contributed by atoms with Crippen LogP contribution in [0.3, 0.4) is 0 Å². The Morgan fingerprint density at radius 1 is 1.15 bits per heavy atom. The first kappa shape index (κ1) is 16.3. The molecule has 1 atom stereocenters. The van der Waals surface area contributed by atoms with Gasteiger partial charge in [0.25, 0.3) is 0 Å². The number of benzene rings is 1. The minimum absolute atomic E-state index is 0.123. The average molecular weight is 347 g/mol. The fourth-order valence-corrected chi connectivity index (χ4v) is 3.06. The van der Waals surface area contributed by atoms with Crippen LogP contribution in [0.4, 0.5) is 11.6 Å². The largest absolute Gasteiger partial charge is 0.488 e. The number of likely N-dealkylation sites (N-methyl/N-ethyl adjacent to an activating group) is 1. The van der Waals surface area contributed by atoms with Crippen molar-refractivity contribution in [3.8, 4) is 16.9 Å². The monoisotopic (exact) mass is 347 g/mol. The third-order valence-corrected chi connectivity index (χ3v) is 4.55. The van der Waals surface area contributed by atoms with E-state index in [0.717, 1.165) is 35.1 Å². The summed E-state index contributed by atoms with van der Waals surface area (Å²) in [5, 5.41) is 3.39. The molecule has 0 saturated carbocycles. The molecule has 1 aliphatic rings. The highest BCUT2D eigenvalue weighted by molar-refractivity contribution is 5.69. The Hall–Kier alpha value is -3.15. The number of nitrogens with zero attached hydrogens (tertiary/aromatic N) is 4. The van der Waals surface area contributed by atoms with Gasteiger partial charge in [-0.25, -0.2) is 15.0 Å². The van der Waals surface area contributed by atoms with Gasteiger partial charge in [0.05, 0.1) is 6.54 Å². The topological polar surface area (TPSA) is 63.2 Å². The summed E-state index contributed by atoms with van der Waals surface area (Å²) in [7, 11) is 2.04. The molecule has 3 aromatic rings. The number of hydrogen-bond acceptors (Lipinski definition) is 6. The predicted molar refractivity (Wildman–Crippen MR) is 103 cm³/mol. The minimum Gasteiger partial charge on any atom is -0.488 e. The third kappa shape index (κ3) is 3.31. The lowest BCUT2D eigenvalue weighted by Crippen LogP contribution is -2.29. The zero-order chi connectivity index (χ0) is 17.9. The van der Waals surface area contributed by atoms with E-state index in [9.17, 15) is 0 Å². The number of ether oxygens (including phenoxy) is 1. The second-order valence-electron chi connectivity index (χ2n) is 6.40.